The fraction of sp³-hybridized carbons (Fsp3) is 0.462. The van der Waals surface area contributed by atoms with Gasteiger partial charge in [0, 0.05) is 23.2 Å². The Hall–Kier alpha value is -2.86. The van der Waals surface area contributed by atoms with Crippen molar-refractivity contribution in [2.24, 2.45) is 0 Å². The van der Waals surface area contributed by atoms with Gasteiger partial charge in [-0.05, 0) is 75.8 Å². The lowest BCUT2D eigenvalue weighted by Crippen LogP contribution is -2.35. The smallest absolute Gasteiger partial charge is 0.231 e. The van der Waals surface area contributed by atoms with Crippen LogP contribution in [0.3, 0.4) is 0 Å². The summed E-state index contributed by atoms with van der Waals surface area (Å²) < 4.78 is 13.7. The van der Waals surface area contributed by atoms with E-state index >= 15 is 0 Å². The van der Waals surface area contributed by atoms with Crippen molar-refractivity contribution in [2.75, 3.05) is 6.79 Å². The van der Waals surface area contributed by atoms with Crippen molar-refractivity contribution in [3.05, 3.63) is 47.9 Å². The summed E-state index contributed by atoms with van der Waals surface area (Å²) in [6.45, 7) is 3.23. The van der Waals surface area contributed by atoms with Crippen molar-refractivity contribution >= 4 is 0 Å². The van der Waals surface area contributed by atoms with Gasteiger partial charge in [0.2, 0.25) is 6.79 Å². The Morgan fingerprint density at radius 2 is 1.84 bits per heavy atom. The lowest BCUT2D eigenvalue weighted by atomic mass is 9.70. The number of aryl methyl sites for hydroxylation is 1. The summed E-state index contributed by atoms with van der Waals surface area (Å²) in [7, 11) is 0. The van der Waals surface area contributed by atoms with Crippen LogP contribution < -0.4 is 9.47 Å². The van der Waals surface area contributed by atoms with Crippen LogP contribution in [0, 0.1) is 6.92 Å². The van der Waals surface area contributed by atoms with Gasteiger partial charge in [0.15, 0.2) is 11.5 Å². The molecule has 6 nitrogen and oxygen atoms in total. The van der Waals surface area contributed by atoms with Crippen molar-refractivity contribution in [3.63, 3.8) is 0 Å². The Labute approximate surface area is 188 Å². The Morgan fingerprint density at radius 1 is 1.00 bits per heavy atom. The standard InChI is InChI=1S/C26H29N3O3/c1-17-5-4-6-20(27-17)23-24(18-7-8-21-22(15-18)32-16-31-21)29-14-3-2-11-26(25(29)28-23)12-9-19(30)10-13-26/h4-8,15,19,30H,2-3,9-14,16H2,1H3. The van der Waals surface area contributed by atoms with Crippen molar-refractivity contribution in [2.45, 2.75) is 69.9 Å². The maximum atomic E-state index is 10.2. The molecule has 1 N–H and O–H groups in total. The minimum Gasteiger partial charge on any atom is -0.454 e. The van der Waals surface area contributed by atoms with Gasteiger partial charge in [-0.15, -0.1) is 0 Å². The molecule has 1 aromatic carbocycles. The molecule has 0 unspecified atom stereocenters. The van der Waals surface area contributed by atoms with Crippen molar-refractivity contribution in [1.82, 2.24) is 14.5 Å². The molecule has 6 heteroatoms. The van der Waals surface area contributed by atoms with E-state index in [1.54, 1.807) is 0 Å². The Kier molecular flexibility index (Phi) is 4.72. The molecule has 0 bridgehead atoms. The van der Waals surface area contributed by atoms with Crippen LogP contribution in [0.25, 0.3) is 22.6 Å². The first-order valence-electron chi connectivity index (χ1n) is 11.8. The monoisotopic (exact) mass is 431 g/mol. The van der Waals surface area contributed by atoms with E-state index in [-0.39, 0.29) is 18.3 Å². The van der Waals surface area contributed by atoms with Crippen molar-refractivity contribution in [1.29, 1.82) is 0 Å². The van der Waals surface area contributed by atoms with E-state index in [4.69, 9.17) is 19.4 Å². The summed E-state index contributed by atoms with van der Waals surface area (Å²) in [6, 6.07) is 12.3. The van der Waals surface area contributed by atoms with E-state index in [0.29, 0.717) is 0 Å². The number of aliphatic hydroxyl groups excluding tert-OH is 1. The number of pyridine rings is 1. The van der Waals surface area contributed by atoms with Crippen LogP contribution in [-0.2, 0) is 12.0 Å². The third-order valence-corrected chi connectivity index (χ3v) is 7.42. The molecule has 3 aliphatic rings. The second-order valence-corrected chi connectivity index (χ2v) is 9.49. The SMILES string of the molecule is Cc1cccc(-c2nc3n(c2-c2ccc4c(c2)OCO4)CCCCC32CCC(O)CC2)n1. The molecule has 6 rings (SSSR count). The van der Waals surface area contributed by atoms with Gasteiger partial charge >= 0.3 is 0 Å². The largest absolute Gasteiger partial charge is 0.454 e. The number of aromatic nitrogens is 3. The maximum absolute atomic E-state index is 10.2. The quantitative estimate of drug-likeness (QED) is 0.618. The molecule has 1 aliphatic carbocycles. The topological polar surface area (TPSA) is 69.4 Å². The second kappa shape index (κ2) is 7.62. The van der Waals surface area contributed by atoms with Gasteiger partial charge in [-0.3, -0.25) is 4.98 Å². The summed E-state index contributed by atoms with van der Waals surface area (Å²) in [5.74, 6) is 2.75. The number of nitrogens with zero attached hydrogens (tertiary/aromatic N) is 3. The molecule has 0 amide bonds. The molecule has 0 atom stereocenters. The lowest BCUT2D eigenvalue weighted by molar-refractivity contribution is 0.0888. The molecule has 0 radical (unpaired) electrons. The molecule has 2 aliphatic heterocycles. The summed E-state index contributed by atoms with van der Waals surface area (Å²) in [6.07, 6.45) is 6.97. The van der Waals surface area contributed by atoms with Gasteiger partial charge in [0.25, 0.3) is 0 Å². The Bertz CT molecular complexity index is 1160. The minimum absolute atomic E-state index is 0.0306. The van der Waals surface area contributed by atoms with Crippen molar-refractivity contribution < 1.29 is 14.6 Å². The molecule has 166 valence electrons. The van der Waals surface area contributed by atoms with E-state index in [2.05, 4.69) is 28.8 Å². The zero-order valence-corrected chi connectivity index (χ0v) is 18.5. The fourth-order valence-electron chi connectivity index (χ4n) is 5.74. The van der Waals surface area contributed by atoms with E-state index in [1.807, 2.05) is 19.1 Å². The fourth-order valence-corrected chi connectivity index (χ4v) is 5.74. The molecule has 1 spiro atoms. The molecule has 0 saturated heterocycles. The van der Waals surface area contributed by atoms with Crippen LogP contribution in [0.5, 0.6) is 11.5 Å². The maximum Gasteiger partial charge on any atom is 0.231 e. The first-order valence-corrected chi connectivity index (χ1v) is 11.8. The number of imidazole rings is 1. The number of benzene rings is 1. The highest BCUT2D eigenvalue weighted by Crippen LogP contribution is 2.48. The number of aliphatic hydroxyl groups is 1. The number of ether oxygens (including phenoxy) is 2. The summed E-state index contributed by atoms with van der Waals surface area (Å²) in [5.41, 5.74) is 5.06. The zero-order chi connectivity index (χ0) is 21.7. The molecule has 2 aromatic heterocycles. The first-order chi connectivity index (χ1) is 15.6. The number of hydrogen-bond acceptors (Lipinski definition) is 5. The molecule has 32 heavy (non-hydrogen) atoms. The van der Waals surface area contributed by atoms with Gasteiger partial charge in [0.05, 0.1) is 17.5 Å². The van der Waals surface area contributed by atoms with Crippen LogP contribution in [0.15, 0.2) is 36.4 Å². The normalized spacial score (nSPS) is 24.4. The minimum atomic E-state index is -0.182. The highest BCUT2D eigenvalue weighted by molar-refractivity contribution is 5.79. The van der Waals surface area contributed by atoms with Crippen molar-refractivity contribution in [3.8, 4) is 34.1 Å². The average Bonchev–Trinajstić information content (AvgIpc) is 3.39. The average molecular weight is 432 g/mol. The second-order valence-electron chi connectivity index (χ2n) is 9.49. The van der Waals surface area contributed by atoms with Gasteiger partial charge in [-0.2, -0.15) is 0 Å². The Balaban J connectivity index is 1.58. The van der Waals surface area contributed by atoms with Crippen LogP contribution in [0.2, 0.25) is 0 Å². The van der Waals surface area contributed by atoms with Gasteiger partial charge < -0.3 is 19.1 Å². The predicted molar refractivity (Wildman–Crippen MR) is 122 cm³/mol. The van der Waals surface area contributed by atoms with E-state index < -0.39 is 0 Å². The Morgan fingerprint density at radius 3 is 2.69 bits per heavy atom. The highest BCUT2D eigenvalue weighted by Gasteiger charge is 2.42. The van der Waals surface area contributed by atoms with Gasteiger partial charge in [-0.1, -0.05) is 12.5 Å². The van der Waals surface area contributed by atoms with Crippen LogP contribution in [-0.4, -0.2) is 32.5 Å². The lowest BCUT2D eigenvalue weighted by Gasteiger charge is -2.37. The zero-order valence-electron chi connectivity index (χ0n) is 18.5. The van der Waals surface area contributed by atoms with E-state index in [9.17, 15) is 5.11 Å². The van der Waals surface area contributed by atoms with Crippen LogP contribution in [0.1, 0.15) is 56.5 Å². The van der Waals surface area contributed by atoms with E-state index in [1.165, 1.54) is 12.2 Å². The number of fused-ring (bicyclic) bond motifs is 3. The number of hydrogen-bond donors (Lipinski definition) is 1. The highest BCUT2D eigenvalue weighted by atomic mass is 16.7. The first kappa shape index (κ1) is 19.8. The summed E-state index contributed by atoms with van der Waals surface area (Å²) in [5, 5.41) is 10.2. The van der Waals surface area contributed by atoms with Gasteiger partial charge in [0.1, 0.15) is 11.5 Å². The van der Waals surface area contributed by atoms with E-state index in [0.717, 1.165) is 84.9 Å². The predicted octanol–water partition coefficient (Wildman–Crippen LogP) is 5.01. The molecule has 4 heterocycles. The molecular weight excluding hydrogens is 402 g/mol. The molecular formula is C26H29N3O3. The molecule has 3 aromatic rings. The third-order valence-electron chi connectivity index (χ3n) is 7.42. The molecule has 1 fully saturated rings. The summed E-state index contributed by atoms with van der Waals surface area (Å²) >= 11 is 0. The third kappa shape index (κ3) is 3.20. The van der Waals surface area contributed by atoms with Gasteiger partial charge in [-0.25, -0.2) is 4.98 Å². The summed E-state index contributed by atoms with van der Waals surface area (Å²) in [4.78, 5) is 10.2. The molecule has 1 saturated carbocycles. The van der Waals surface area contributed by atoms with Crippen LogP contribution >= 0.6 is 0 Å². The number of rotatable bonds is 2. The van der Waals surface area contributed by atoms with Crippen LogP contribution in [0.4, 0.5) is 0 Å².